The lowest BCUT2D eigenvalue weighted by atomic mass is 9.65. The Morgan fingerprint density at radius 3 is 2.32 bits per heavy atom. The molecule has 7 heteroatoms. The predicted octanol–water partition coefficient (Wildman–Crippen LogP) is 1.90. The Bertz CT molecular complexity index is 425. The summed E-state index contributed by atoms with van der Waals surface area (Å²) in [5.74, 6) is 1.67. The van der Waals surface area contributed by atoms with Crippen molar-refractivity contribution in [2.45, 2.75) is 64.1 Å². The minimum absolute atomic E-state index is 0. The van der Waals surface area contributed by atoms with Gasteiger partial charge in [-0.2, -0.15) is 0 Å². The lowest BCUT2D eigenvalue weighted by molar-refractivity contribution is -0.141. The summed E-state index contributed by atoms with van der Waals surface area (Å²) < 4.78 is 0. The number of piperazine rings is 1. The van der Waals surface area contributed by atoms with Gasteiger partial charge in [0.2, 0.25) is 5.91 Å². The second-order valence-corrected chi connectivity index (χ2v) is 8.17. The van der Waals surface area contributed by atoms with Gasteiger partial charge >= 0.3 is 0 Å². The highest BCUT2D eigenvalue weighted by atomic mass is 35.5. The summed E-state index contributed by atoms with van der Waals surface area (Å²) in [6.45, 7) is 7.15. The number of β-amino-alcohol motifs (C(OH)–C–C–N with tert-alkyl or cyclic N) is 1. The first-order chi connectivity index (χ1) is 11.0. The number of hydrogen-bond donors (Lipinski definition) is 2. The van der Waals surface area contributed by atoms with E-state index in [1.807, 2.05) is 6.92 Å². The number of nitrogens with two attached hydrogens (primary N) is 1. The van der Waals surface area contributed by atoms with E-state index in [0.29, 0.717) is 36.4 Å². The van der Waals surface area contributed by atoms with Gasteiger partial charge in [0, 0.05) is 44.2 Å². The molecule has 4 atom stereocenters. The van der Waals surface area contributed by atoms with Crippen LogP contribution < -0.4 is 5.73 Å². The van der Waals surface area contributed by atoms with Gasteiger partial charge in [-0.05, 0) is 51.4 Å². The number of carbonyl (C=O) groups is 1. The van der Waals surface area contributed by atoms with Crippen molar-refractivity contribution in [3.05, 3.63) is 0 Å². The smallest absolute Gasteiger partial charge is 0.225 e. The van der Waals surface area contributed by atoms with Gasteiger partial charge in [0.25, 0.3) is 0 Å². The number of fused-ring (bicyclic) bond motifs is 2. The molecule has 0 aromatic rings. The summed E-state index contributed by atoms with van der Waals surface area (Å²) in [6, 6.07) is 0.655. The molecule has 3 aliphatic rings. The minimum Gasteiger partial charge on any atom is -0.392 e. The van der Waals surface area contributed by atoms with Gasteiger partial charge in [-0.3, -0.25) is 9.69 Å². The van der Waals surface area contributed by atoms with Crippen LogP contribution in [-0.4, -0.2) is 65.2 Å². The van der Waals surface area contributed by atoms with Gasteiger partial charge in [-0.25, -0.2) is 0 Å². The molecule has 148 valence electrons. The highest BCUT2D eigenvalue weighted by Gasteiger charge is 2.42. The van der Waals surface area contributed by atoms with E-state index in [4.69, 9.17) is 5.73 Å². The van der Waals surface area contributed by atoms with Crippen molar-refractivity contribution in [1.29, 1.82) is 0 Å². The van der Waals surface area contributed by atoms with Crippen LogP contribution in [0.15, 0.2) is 0 Å². The molecule has 25 heavy (non-hydrogen) atoms. The van der Waals surface area contributed by atoms with Crippen LogP contribution in [0.2, 0.25) is 0 Å². The molecule has 1 heterocycles. The molecule has 1 saturated heterocycles. The average molecular weight is 396 g/mol. The number of halogens is 2. The number of aliphatic hydroxyl groups excluding tert-OH is 1. The van der Waals surface area contributed by atoms with Crippen molar-refractivity contribution in [1.82, 2.24) is 9.80 Å². The molecule has 3 N–H and O–H groups in total. The summed E-state index contributed by atoms with van der Waals surface area (Å²) in [6.07, 6.45) is 5.40. The van der Waals surface area contributed by atoms with Crippen molar-refractivity contribution in [2.24, 2.45) is 23.5 Å². The zero-order valence-corrected chi connectivity index (χ0v) is 17.1. The third-order valence-corrected chi connectivity index (χ3v) is 6.34. The maximum absolute atomic E-state index is 13.0. The van der Waals surface area contributed by atoms with Crippen LogP contribution in [0.3, 0.4) is 0 Å². The molecule has 2 saturated carbocycles. The van der Waals surface area contributed by atoms with Gasteiger partial charge in [0.1, 0.15) is 0 Å². The normalized spacial score (nSPS) is 36.8. The third kappa shape index (κ3) is 5.23. The Kier molecular flexibility index (Phi) is 8.95. The Morgan fingerprint density at radius 1 is 1.20 bits per heavy atom. The fraction of sp³-hybridized carbons (Fsp3) is 0.944. The molecule has 0 aromatic heterocycles. The molecule has 1 aliphatic heterocycles. The van der Waals surface area contributed by atoms with Crippen LogP contribution in [-0.2, 0) is 4.79 Å². The number of carbonyl (C=O) groups excluding carboxylic acids is 1. The summed E-state index contributed by atoms with van der Waals surface area (Å²) in [4.78, 5) is 17.3. The van der Waals surface area contributed by atoms with Gasteiger partial charge in [-0.15, -0.1) is 24.8 Å². The minimum atomic E-state index is -0.307. The van der Waals surface area contributed by atoms with Crippen molar-refractivity contribution in [3.63, 3.8) is 0 Å². The molecule has 0 aromatic carbocycles. The molecule has 1 amide bonds. The number of aliphatic hydroxyl groups is 1. The van der Waals surface area contributed by atoms with Crippen LogP contribution in [0.25, 0.3) is 0 Å². The fourth-order valence-corrected chi connectivity index (χ4v) is 5.05. The number of hydrogen-bond acceptors (Lipinski definition) is 4. The Labute approximate surface area is 164 Å². The summed E-state index contributed by atoms with van der Waals surface area (Å²) in [5.41, 5.74) is 6.36. The quantitative estimate of drug-likeness (QED) is 0.765. The van der Waals surface area contributed by atoms with Crippen molar-refractivity contribution in [2.75, 3.05) is 26.2 Å². The van der Waals surface area contributed by atoms with E-state index in [-0.39, 0.29) is 36.8 Å². The molecule has 3 fully saturated rings. The summed E-state index contributed by atoms with van der Waals surface area (Å²) in [5, 5.41) is 9.58. The van der Waals surface area contributed by atoms with Crippen LogP contribution in [0.5, 0.6) is 0 Å². The summed E-state index contributed by atoms with van der Waals surface area (Å²) >= 11 is 0. The van der Waals surface area contributed by atoms with Crippen LogP contribution in [0.1, 0.15) is 46.0 Å². The molecule has 0 spiro atoms. The number of amides is 1. The van der Waals surface area contributed by atoms with E-state index in [2.05, 4.69) is 16.7 Å². The average Bonchev–Trinajstić information content (AvgIpc) is 2.48. The standard InChI is InChI=1S/C18H33N3O2.2ClH/c1-12-10-21(7-6-20(12)11-13(2)22)18(23)16-8-14-4-3-5-15(9-16)17(14)19;;/h12-17,22H,3-11,19H2,1-2H3;2*1H. The van der Waals surface area contributed by atoms with Crippen molar-refractivity contribution in [3.8, 4) is 0 Å². The number of rotatable bonds is 3. The first kappa shape index (κ1) is 23.0. The third-order valence-electron chi connectivity index (χ3n) is 6.34. The van der Waals surface area contributed by atoms with E-state index in [0.717, 1.165) is 32.5 Å². The van der Waals surface area contributed by atoms with E-state index >= 15 is 0 Å². The molecule has 5 nitrogen and oxygen atoms in total. The number of nitrogens with zero attached hydrogens (tertiary/aromatic N) is 2. The highest BCUT2D eigenvalue weighted by Crippen LogP contribution is 2.42. The monoisotopic (exact) mass is 395 g/mol. The first-order valence-electron chi connectivity index (χ1n) is 9.42. The lowest BCUT2D eigenvalue weighted by Gasteiger charge is -2.46. The maximum atomic E-state index is 13.0. The zero-order valence-electron chi connectivity index (χ0n) is 15.5. The van der Waals surface area contributed by atoms with Gasteiger partial charge in [0.15, 0.2) is 0 Å². The molecule has 2 bridgehead atoms. The van der Waals surface area contributed by atoms with Crippen molar-refractivity contribution >= 4 is 30.7 Å². The topological polar surface area (TPSA) is 69.8 Å². The largest absolute Gasteiger partial charge is 0.392 e. The van der Waals surface area contributed by atoms with Crippen LogP contribution >= 0.6 is 24.8 Å². The predicted molar refractivity (Wildman–Crippen MR) is 105 cm³/mol. The van der Waals surface area contributed by atoms with Crippen LogP contribution in [0, 0.1) is 17.8 Å². The van der Waals surface area contributed by atoms with Gasteiger partial charge in [0.05, 0.1) is 6.10 Å². The Hall–Kier alpha value is -0.0700. The van der Waals surface area contributed by atoms with E-state index in [1.54, 1.807) is 0 Å². The molecule has 2 aliphatic carbocycles. The fourth-order valence-electron chi connectivity index (χ4n) is 5.05. The van der Waals surface area contributed by atoms with Gasteiger partial charge in [-0.1, -0.05) is 6.42 Å². The Morgan fingerprint density at radius 2 is 1.80 bits per heavy atom. The maximum Gasteiger partial charge on any atom is 0.225 e. The molecule has 0 radical (unpaired) electrons. The first-order valence-corrected chi connectivity index (χ1v) is 9.42. The van der Waals surface area contributed by atoms with E-state index < -0.39 is 0 Å². The molecular formula is C18H35Cl2N3O2. The molecule has 3 rings (SSSR count). The SMILES string of the molecule is CC(O)CN1CCN(C(=O)C2CC3CCCC(C2)C3N)CC1C.Cl.Cl. The van der Waals surface area contributed by atoms with E-state index in [1.165, 1.54) is 19.3 Å². The molecule has 4 unspecified atom stereocenters. The van der Waals surface area contributed by atoms with Gasteiger partial charge < -0.3 is 15.7 Å². The van der Waals surface area contributed by atoms with E-state index in [9.17, 15) is 9.90 Å². The molecular weight excluding hydrogens is 361 g/mol. The van der Waals surface area contributed by atoms with Crippen molar-refractivity contribution < 1.29 is 9.90 Å². The Balaban J connectivity index is 0.00000156. The lowest BCUT2D eigenvalue weighted by Crippen LogP contribution is -2.57. The highest BCUT2D eigenvalue weighted by molar-refractivity contribution is 5.85. The second-order valence-electron chi connectivity index (χ2n) is 8.17. The zero-order chi connectivity index (χ0) is 16.6. The second kappa shape index (κ2) is 9.75. The summed E-state index contributed by atoms with van der Waals surface area (Å²) in [7, 11) is 0. The van der Waals surface area contributed by atoms with Crippen LogP contribution in [0.4, 0.5) is 0 Å².